The molecule has 1 aliphatic rings. The first-order valence-corrected chi connectivity index (χ1v) is 7.99. The number of hydrogen-bond donors (Lipinski definition) is 1. The molecule has 2 amide bonds. The van der Waals surface area contributed by atoms with Crippen LogP contribution in [0.3, 0.4) is 0 Å². The van der Waals surface area contributed by atoms with Gasteiger partial charge in [0.25, 0.3) is 5.91 Å². The topological polar surface area (TPSA) is 94.9 Å². The molecule has 0 saturated carbocycles. The minimum atomic E-state index is -0.462. The van der Waals surface area contributed by atoms with Crippen molar-refractivity contribution in [1.29, 1.82) is 0 Å². The number of anilines is 1. The maximum absolute atomic E-state index is 12.4. The normalized spacial score (nSPS) is 16.3. The Bertz CT molecular complexity index is 797. The second-order valence-corrected chi connectivity index (χ2v) is 5.74. The van der Waals surface area contributed by atoms with Crippen molar-refractivity contribution in [2.45, 2.75) is 6.10 Å². The van der Waals surface area contributed by atoms with Gasteiger partial charge in [-0.2, -0.15) is 5.10 Å². The van der Waals surface area contributed by atoms with Crippen molar-refractivity contribution in [3.05, 3.63) is 36.0 Å². The van der Waals surface area contributed by atoms with Gasteiger partial charge in [0.05, 0.1) is 33.5 Å². The molecule has 2 heterocycles. The van der Waals surface area contributed by atoms with Crippen LogP contribution in [0, 0.1) is 0 Å². The van der Waals surface area contributed by atoms with Gasteiger partial charge in [-0.1, -0.05) is 0 Å². The third-order valence-electron chi connectivity index (χ3n) is 4.05. The molecule has 26 heavy (non-hydrogen) atoms. The number of methoxy groups -OCH3 is 2. The Kier molecular flexibility index (Phi) is 4.97. The molecule has 1 aromatic heterocycles. The Hall–Kier alpha value is -3.23. The van der Waals surface area contributed by atoms with Crippen LogP contribution in [0.1, 0.15) is 10.4 Å². The Balaban J connectivity index is 1.62. The molecule has 0 bridgehead atoms. The number of aromatic nitrogens is 2. The SMILES string of the molecule is COc1cc(OC)cc(C(=O)NCC2CN(c3ccnn3C)C(=O)O2)c1. The van der Waals surface area contributed by atoms with Crippen LogP contribution in [0.15, 0.2) is 30.5 Å². The van der Waals surface area contributed by atoms with E-state index in [-0.39, 0.29) is 12.5 Å². The summed E-state index contributed by atoms with van der Waals surface area (Å²) in [5.74, 6) is 1.37. The Labute approximate surface area is 150 Å². The van der Waals surface area contributed by atoms with Gasteiger partial charge in [-0.15, -0.1) is 0 Å². The van der Waals surface area contributed by atoms with Gasteiger partial charge in [-0.3, -0.25) is 14.4 Å². The molecule has 9 nitrogen and oxygen atoms in total. The lowest BCUT2D eigenvalue weighted by molar-refractivity contribution is 0.0915. The average Bonchev–Trinajstić information content (AvgIpc) is 3.23. The number of hydrogen-bond acceptors (Lipinski definition) is 6. The molecule has 9 heteroatoms. The summed E-state index contributed by atoms with van der Waals surface area (Å²) in [6.45, 7) is 0.526. The molecular weight excluding hydrogens is 340 g/mol. The highest BCUT2D eigenvalue weighted by molar-refractivity contribution is 5.95. The number of carbonyl (C=O) groups excluding carboxylic acids is 2. The lowest BCUT2D eigenvalue weighted by Crippen LogP contribution is -2.35. The zero-order valence-electron chi connectivity index (χ0n) is 14.8. The molecule has 3 rings (SSSR count). The minimum Gasteiger partial charge on any atom is -0.497 e. The van der Waals surface area contributed by atoms with Gasteiger partial charge in [0.1, 0.15) is 23.4 Å². The third-order valence-corrected chi connectivity index (χ3v) is 4.05. The molecule has 1 aliphatic heterocycles. The van der Waals surface area contributed by atoms with Gasteiger partial charge in [-0.05, 0) is 12.1 Å². The summed E-state index contributed by atoms with van der Waals surface area (Å²) >= 11 is 0. The lowest BCUT2D eigenvalue weighted by atomic mass is 10.2. The van der Waals surface area contributed by atoms with Crippen molar-refractivity contribution >= 4 is 17.8 Å². The van der Waals surface area contributed by atoms with E-state index in [1.165, 1.54) is 19.1 Å². The summed E-state index contributed by atoms with van der Waals surface area (Å²) in [7, 11) is 4.77. The highest BCUT2D eigenvalue weighted by Crippen LogP contribution is 2.23. The van der Waals surface area contributed by atoms with Crippen LogP contribution in [0.2, 0.25) is 0 Å². The van der Waals surface area contributed by atoms with E-state index in [2.05, 4.69) is 10.4 Å². The number of ether oxygens (including phenoxy) is 3. The predicted octanol–water partition coefficient (Wildman–Crippen LogP) is 1.19. The van der Waals surface area contributed by atoms with Crippen LogP contribution >= 0.6 is 0 Å². The summed E-state index contributed by atoms with van der Waals surface area (Å²) < 4.78 is 17.2. The van der Waals surface area contributed by atoms with E-state index in [0.717, 1.165) is 0 Å². The molecule has 0 spiro atoms. The summed E-state index contributed by atoms with van der Waals surface area (Å²) in [6.07, 6.45) is 0.693. The molecule has 0 aliphatic carbocycles. The Morgan fingerprint density at radius 3 is 2.58 bits per heavy atom. The number of amides is 2. The van der Waals surface area contributed by atoms with Gasteiger partial charge in [-0.25, -0.2) is 4.79 Å². The Morgan fingerprint density at radius 2 is 2.00 bits per heavy atom. The van der Waals surface area contributed by atoms with E-state index in [0.29, 0.717) is 29.4 Å². The second kappa shape index (κ2) is 7.34. The van der Waals surface area contributed by atoms with Crippen LogP contribution in [0.4, 0.5) is 10.6 Å². The number of benzene rings is 1. The quantitative estimate of drug-likeness (QED) is 0.832. The van der Waals surface area contributed by atoms with Gasteiger partial charge in [0.2, 0.25) is 0 Å². The molecule has 2 aromatic rings. The summed E-state index contributed by atoms with van der Waals surface area (Å²) in [5.41, 5.74) is 0.397. The summed E-state index contributed by atoms with van der Waals surface area (Å²) in [6, 6.07) is 6.63. The van der Waals surface area contributed by atoms with E-state index in [9.17, 15) is 9.59 Å². The standard InChI is InChI=1S/C17H20N4O5/c1-20-15(4-5-19-20)21-10-14(26-17(21)23)9-18-16(22)11-6-12(24-2)8-13(7-11)25-3/h4-8,14H,9-10H2,1-3H3,(H,18,22). The van der Waals surface area contributed by atoms with Gasteiger partial charge in [0.15, 0.2) is 0 Å². The number of carbonyl (C=O) groups is 2. The summed E-state index contributed by atoms with van der Waals surface area (Å²) in [4.78, 5) is 25.9. The smallest absolute Gasteiger partial charge is 0.416 e. The van der Waals surface area contributed by atoms with Crippen LogP contribution in [0.5, 0.6) is 11.5 Å². The fraction of sp³-hybridized carbons (Fsp3) is 0.353. The third kappa shape index (κ3) is 3.56. The van der Waals surface area contributed by atoms with Crippen LogP contribution in [-0.2, 0) is 11.8 Å². The number of rotatable bonds is 6. The van der Waals surface area contributed by atoms with E-state index in [1.807, 2.05) is 0 Å². The molecule has 138 valence electrons. The molecule has 1 aromatic carbocycles. The molecule has 1 unspecified atom stereocenters. The van der Waals surface area contributed by atoms with Gasteiger partial charge < -0.3 is 19.5 Å². The van der Waals surface area contributed by atoms with E-state index in [1.54, 1.807) is 42.2 Å². The van der Waals surface area contributed by atoms with Crippen LogP contribution < -0.4 is 19.7 Å². The maximum atomic E-state index is 12.4. The minimum absolute atomic E-state index is 0.193. The highest BCUT2D eigenvalue weighted by atomic mass is 16.6. The fourth-order valence-corrected chi connectivity index (χ4v) is 2.69. The first kappa shape index (κ1) is 17.6. The monoisotopic (exact) mass is 360 g/mol. The zero-order valence-corrected chi connectivity index (χ0v) is 14.8. The number of aryl methyl sites for hydroxylation is 1. The number of nitrogens with one attached hydrogen (secondary N) is 1. The highest BCUT2D eigenvalue weighted by Gasteiger charge is 2.34. The molecular formula is C17H20N4O5. The molecule has 0 radical (unpaired) electrons. The Morgan fingerprint density at radius 1 is 1.31 bits per heavy atom. The van der Waals surface area contributed by atoms with E-state index in [4.69, 9.17) is 14.2 Å². The molecule has 1 atom stereocenters. The van der Waals surface area contributed by atoms with Crippen molar-refractivity contribution in [3.63, 3.8) is 0 Å². The van der Waals surface area contributed by atoms with Crippen molar-refractivity contribution < 1.29 is 23.8 Å². The van der Waals surface area contributed by atoms with Crippen LogP contribution in [0.25, 0.3) is 0 Å². The largest absolute Gasteiger partial charge is 0.497 e. The van der Waals surface area contributed by atoms with E-state index < -0.39 is 12.2 Å². The average molecular weight is 360 g/mol. The lowest BCUT2D eigenvalue weighted by Gasteiger charge is -2.13. The van der Waals surface area contributed by atoms with Gasteiger partial charge in [0, 0.05) is 24.7 Å². The number of cyclic esters (lactones) is 1. The first-order chi connectivity index (χ1) is 12.5. The van der Waals surface area contributed by atoms with Crippen molar-refractivity contribution in [1.82, 2.24) is 15.1 Å². The second-order valence-electron chi connectivity index (χ2n) is 5.74. The number of nitrogens with zero attached hydrogens (tertiary/aromatic N) is 3. The summed E-state index contributed by atoms with van der Waals surface area (Å²) in [5, 5.41) is 6.81. The van der Waals surface area contributed by atoms with Crippen molar-refractivity contribution in [2.75, 3.05) is 32.2 Å². The van der Waals surface area contributed by atoms with Gasteiger partial charge >= 0.3 is 6.09 Å². The van der Waals surface area contributed by atoms with E-state index >= 15 is 0 Å². The molecule has 1 N–H and O–H groups in total. The first-order valence-electron chi connectivity index (χ1n) is 7.99. The zero-order chi connectivity index (χ0) is 18.7. The van der Waals surface area contributed by atoms with Crippen molar-refractivity contribution in [3.8, 4) is 11.5 Å². The fourth-order valence-electron chi connectivity index (χ4n) is 2.69. The molecule has 1 fully saturated rings. The predicted molar refractivity (Wildman–Crippen MR) is 92.7 cm³/mol. The van der Waals surface area contributed by atoms with Crippen LogP contribution in [-0.4, -0.2) is 55.2 Å². The molecule has 1 saturated heterocycles. The maximum Gasteiger partial charge on any atom is 0.416 e. The van der Waals surface area contributed by atoms with Crippen molar-refractivity contribution in [2.24, 2.45) is 7.05 Å².